The van der Waals surface area contributed by atoms with Gasteiger partial charge in [-0.1, -0.05) is 6.07 Å². The predicted octanol–water partition coefficient (Wildman–Crippen LogP) is 1.65. The molecule has 0 atom stereocenters. The Morgan fingerprint density at radius 3 is 2.81 bits per heavy atom. The van der Waals surface area contributed by atoms with Crippen LogP contribution in [-0.4, -0.2) is 16.9 Å². The number of nitrogens with two attached hydrogens (primary N) is 1. The Kier molecular flexibility index (Phi) is 2.92. The highest BCUT2D eigenvalue weighted by molar-refractivity contribution is 5.49. The first-order valence-electron chi connectivity index (χ1n) is 5.14. The van der Waals surface area contributed by atoms with Gasteiger partial charge in [-0.25, -0.2) is 4.68 Å². The van der Waals surface area contributed by atoms with E-state index >= 15 is 0 Å². The minimum Gasteiger partial charge on any atom is -0.496 e. The van der Waals surface area contributed by atoms with Crippen molar-refractivity contribution < 1.29 is 4.74 Å². The molecule has 1 aromatic carbocycles. The van der Waals surface area contributed by atoms with Gasteiger partial charge in [-0.2, -0.15) is 5.10 Å². The van der Waals surface area contributed by atoms with Crippen LogP contribution in [0.1, 0.15) is 11.1 Å². The molecule has 84 valence electrons. The molecule has 2 aromatic rings. The van der Waals surface area contributed by atoms with Crippen LogP contribution in [0.4, 0.5) is 0 Å². The van der Waals surface area contributed by atoms with E-state index in [9.17, 15) is 0 Å². The third-order valence-corrected chi connectivity index (χ3v) is 2.49. The van der Waals surface area contributed by atoms with E-state index in [1.165, 1.54) is 0 Å². The maximum Gasteiger partial charge on any atom is 0.125 e. The maximum atomic E-state index is 5.75. The second kappa shape index (κ2) is 4.37. The number of hydrogen-bond donors (Lipinski definition) is 1. The van der Waals surface area contributed by atoms with Crippen molar-refractivity contribution in [3.63, 3.8) is 0 Å². The van der Waals surface area contributed by atoms with Crippen LogP contribution in [0.25, 0.3) is 5.69 Å². The summed E-state index contributed by atoms with van der Waals surface area (Å²) in [7, 11) is 1.65. The largest absolute Gasteiger partial charge is 0.496 e. The summed E-state index contributed by atoms with van der Waals surface area (Å²) in [4.78, 5) is 0. The monoisotopic (exact) mass is 217 g/mol. The zero-order valence-electron chi connectivity index (χ0n) is 9.47. The molecule has 0 radical (unpaired) electrons. The van der Waals surface area contributed by atoms with Gasteiger partial charge in [-0.15, -0.1) is 0 Å². The topological polar surface area (TPSA) is 53.1 Å². The van der Waals surface area contributed by atoms with Crippen molar-refractivity contribution in [2.45, 2.75) is 13.5 Å². The Hall–Kier alpha value is -1.81. The third-order valence-electron chi connectivity index (χ3n) is 2.49. The Morgan fingerprint density at radius 2 is 2.25 bits per heavy atom. The van der Waals surface area contributed by atoms with E-state index < -0.39 is 0 Å². The molecule has 1 heterocycles. The van der Waals surface area contributed by atoms with Gasteiger partial charge in [0, 0.05) is 18.3 Å². The molecule has 0 saturated heterocycles. The molecule has 0 unspecified atom stereocenters. The van der Waals surface area contributed by atoms with Crippen molar-refractivity contribution in [3.05, 3.63) is 41.7 Å². The molecule has 4 heteroatoms. The Balaban J connectivity index is 2.56. The molecule has 1 aromatic heterocycles. The first-order valence-corrected chi connectivity index (χ1v) is 5.14. The van der Waals surface area contributed by atoms with E-state index in [0.29, 0.717) is 6.54 Å². The van der Waals surface area contributed by atoms with Crippen molar-refractivity contribution in [1.82, 2.24) is 9.78 Å². The standard InChI is InChI=1S/C12H15N3O/c1-9-7-14-15(8-9)11-4-3-5-12(16-2)10(11)6-13/h3-5,7-8H,6,13H2,1-2H3. The molecular formula is C12H15N3O. The van der Waals surface area contributed by atoms with Crippen molar-refractivity contribution in [2.24, 2.45) is 5.73 Å². The summed E-state index contributed by atoms with van der Waals surface area (Å²) in [5, 5.41) is 4.28. The van der Waals surface area contributed by atoms with Crippen molar-refractivity contribution in [2.75, 3.05) is 7.11 Å². The molecule has 2 N–H and O–H groups in total. The van der Waals surface area contributed by atoms with Crippen molar-refractivity contribution >= 4 is 0 Å². The summed E-state index contributed by atoms with van der Waals surface area (Å²) in [6.45, 7) is 2.43. The van der Waals surface area contributed by atoms with Crippen LogP contribution < -0.4 is 10.5 Å². The van der Waals surface area contributed by atoms with Gasteiger partial charge in [0.1, 0.15) is 5.75 Å². The van der Waals surface area contributed by atoms with Gasteiger partial charge in [0.15, 0.2) is 0 Å². The molecule has 0 amide bonds. The fourth-order valence-electron chi connectivity index (χ4n) is 1.71. The van der Waals surface area contributed by atoms with Crippen LogP contribution in [-0.2, 0) is 6.54 Å². The quantitative estimate of drug-likeness (QED) is 0.850. The highest BCUT2D eigenvalue weighted by Gasteiger charge is 2.09. The van der Waals surface area contributed by atoms with Gasteiger partial charge in [-0.3, -0.25) is 0 Å². The van der Waals surface area contributed by atoms with Crippen molar-refractivity contribution in [3.8, 4) is 11.4 Å². The van der Waals surface area contributed by atoms with E-state index in [2.05, 4.69) is 5.10 Å². The highest BCUT2D eigenvalue weighted by atomic mass is 16.5. The summed E-state index contributed by atoms with van der Waals surface area (Å²) in [5.74, 6) is 0.799. The maximum absolute atomic E-state index is 5.75. The number of rotatable bonds is 3. The number of ether oxygens (including phenoxy) is 1. The molecule has 0 bridgehead atoms. The lowest BCUT2D eigenvalue weighted by molar-refractivity contribution is 0.409. The lowest BCUT2D eigenvalue weighted by Gasteiger charge is -2.11. The molecular weight excluding hydrogens is 202 g/mol. The van der Waals surface area contributed by atoms with Gasteiger partial charge in [0.05, 0.1) is 19.0 Å². The molecule has 4 nitrogen and oxygen atoms in total. The van der Waals surface area contributed by atoms with Crippen LogP contribution in [0.5, 0.6) is 5.75 Å². The summed E-state index contributed by atoms with van der Waals surface area (Å²) in [6, 6.07) is 5.82. The van der Waals surface area contributed by atoms with Gasteiger partial charge < -0.3 is 10.5 Å². The second-order valence-electron chi connectivity index (χ2n) is 3.62. The fourth-order valence-corrected chi connectivity index (χ4v) is 1.71. The van der Waals surface area contributed by atoms with Crippen LogP contribution in [0.15, 0.2) is 30.6 Å². The van der Waals surface area contributed by atoms with Crippen LogP contribution in [0.2, 0.25) is 0 Å². The van der Waals surface area contributed by atoms with Crippen LogP contribution in [0, 0.1) is 6.92 Å². The van der Waals surface area contributed by atoms with E-state index in [4.69, 9.17) is 10.5 Å². The summed E-state index contributed by atoms with van der Waals surface area (Å²) < 4.78 is 7.10. The number of methoxy groups -OCH3 is 1. The number of nitrogens with zero attached hydrogens (tertiary/aromatic N) is 2. The highest BCUT2D eigenvalue weighted by Crippen LogP contribution is 2.24. The van der Waals surface area contributed by atoms with E-state index in [1.807, 2.05) is 42.2 Å². The van der Waals surface area contributed by atoms with Gasteiger partial charge in [0.25, 0.3) is 0 Å². The number of aryl methyl sites for hydroxylation is 1. The Labute approximate surface area is 94.6 Å². The van der Waals surface area contributed by atoms with Gasteiger partial charge in [-0.05, 0) is 24.6 Å². The van der Waals surface area contributed by atoms with E-state index in [0.717, 1.165) is 22.6 Å². The minimum atomic E-state index is 0.429. The summed E-state index contributed by atoms with van der Waals surface area (Å²) in [6.07, 6.45) is 3.79. The molecule has 0 aliphatic carbocycles. The summed E-state index contributed by atoms with van der Waals surface area (Å²) >= 11 is 0. The number of aromatic nitrogens is 2. The third kappa shape index (κ3) is 1.79. The SMILES string of the molecule is COc1cccc(-n2cc(C)cn2)c1CN. The minimum absolute atomic E-state index is 0.429. The molecule has 0 aliphatic rings. The van der Waals surface area contributed by atoms with E-state index in [-0.39, 0.29) is 0 Å². The number of hydrogen-bond acceptors (Lipinski definition) is 3. The van der Waals surface area contributed by atoms with Crippen molar-refractivity contribution in [1.29, 1.82) is 0 Å². The molecule has 2 rings (SSSR count). The molecule has 0 fully saturated rings. The molecule has 0 aliphatic heterocycles. The Morgan fingerprint density at radius 1 is 1.44 bits per heavy atom. The van der Waals surface area contributed by atoms with E-state index in [1.54, 1.807) is 7.11 Å². The van der Waals surface area contributed by atoms with Gasteiger partial charge >= 0.3 is 0 Å². The van der Waals surface area contributed by atoms with Crippen LogP contribution in [0.3, 0.4) is 0 Å². The van der Waals surface area contributed by atoms with Crippen LogP contribution >= 0.6 is 0 Å². The second-order valence-corrected chi connectivity index (χ2v) is 3.62. The molecule has 0 saturated carbocycles. The van der Waals surface area contributed by atoms with Gasteiger partial charge in [0.2, 0.25) is 0 Å². The average molecular weight is 217 g/mol. The fraction of sp³-hybridized carbons (Fsp3) is 0.250. The first-order chi connectivity index (χ1) is 7.76. The summed E-state index contributed by atoms with van der Waals surface area (Å²) in [5.41, 5.74) is 8.80. The lowest BCUT2D eigenvalue weighted by atomic mass is 10.1. The first kappa shape index (κ1) is 10.7. The zero-order chi connectivity index (χ0) is 11.5. The average Bonchev–Trinajstić information content (AvgIpc) is 2.74. The zero-order valence-corrected chi connectivity index (χ0v) is 9.47. The molecule has 0 spiro atoms. The normalized spacial score (nSPS) is 10.4. The predicted molar refractivity (Wildman–Crippen MR) is 62.7 cm³/mol. The molecule has 16 heavy (non-hydrogen) atoms. The Bertz CT molecular complexity index is 491. The lowest BCUT2D eigenvalue weighted by Crippen LogP contribution is -2.06. The number of benzene rings is 1. The smallest absolute Gasteiger partial charge is 0.125 e.